The van der Waals surface area contributed by atoms with Gasteiger partial charge in [-0.25, -0.2) is 0 Å². The number of benzene rings is 1. The van der Waals surface area contributed by atoms with Crippen molar-refractivity contribution in [1.29, 1.82) is 0 Å². The molecule has 0 radical (unpaired) electrons. The summed E-state index contributed by atoms with van der Waals surface area (Å²) in [6, 6.07) is 3.55. The molecule has 0 aliphatic rings. The minimum atomic E-state index is -0.220. The van der Waals surface area contributed by atoms with Gasteiger partial charge in [0.2, 0.25) is 0 Å². The van der Waals surface area contributed by atoms with Crippen LogP contribution in [-0.2, 0) is 0 Å². The summed E-state index contributed by atoms with van der Waals surface area (Å²) in [5.41, 5.74) is 8.49. The zero-order valence-electron chi connectivity index (χ0n) is 8.41. The van der Waals surface area contributed by atoms with E-state index in [1.54, 1.807) is 11.6 Å². The highest BCUT2D eigenvalue weighted by atomic mass is 79.9. The monoisotopic (exact) mass is 375 g/mol. The number of hydrogen-bond acceptors (Lipinski definition) is 4. The molecule has 0 spiro atoms. The highest BCUT2D eigenvalue weighted by Crippen LogP contribution is 2.32. The van der Waals surface area contributed by atoms with Crippen molar-refractivity contribution in [2.45, 2.75) is 0 Å². The molecule has 17 heavy (non-hydrogen) atoms. The predicted octanol–water partition coefficient (Wildman–Crippen LogP) is 3.50. The Morgan fingerprint density at radius 3 is 2.76 bits per heavy atom. The number of anilines is 2. The summed E-state index contributed by atoms with van der Waals surface area (Å²) in [6.07, 6.45) is 1.52. The molecule has 4 nitrogen and oxygen atoms in total. The standard InChI is InChI=1S/C10H7Br2N3OS/c11-5-1-6(12)9(7(13)2-5)15-10(16)8-3-14-4-17-8/h1-4H,13H2,(H,15,16). The van der Waals surface area contributed by atoms with Gasteiger partial charge < -0.3 is 11.1 Å². The molecule has 0 saturated heterocycles. The Morgan fingerprint density at radius 1 is 1.41 bits per heavy atom. The largest absolute Gasteiger partial charge is 0.397 e. The highest BCUT2D eigenvalue weighted by molar-refractivity contribution is 9.11. The van der Waals surface area contributed by atoms with Gasteiger partial charge >= 0.3 is 0 Å². The van der Waals surface area contributed by atoms with Crippen molar-refractivity contribution in [3.05, 3.63) is 37.7 Å². The first kappa shape index (κ1) is 12.5. The average molecular weight is 377 g/mol. The van der Waals surface area contributed by atoms with Crippen molar-refractivity contribution in [2.75, 3.05) is 11.1 Å². The maximum atomic E-state index is 11.8. The maximum Gasteiger partial charge on any atom is 0.267 e. The summed E-state index contributed by atoms with van der Waals surface area (Å²) in [5.74, 6) is -0.220. The van der Waals surface area contributed by atoms with Crippen molar-refractivity contribution >= 4 is 60.5 Å². The van der Waals surface area contributed by atoms with E-state index in [2.05, 4.69) is 42.2 Å². The number of thiazole rings is 1. The van der Waals surface area contributed by atoms with Crippen LogP contribution in [0.2, 0.25) is 0 Å². The van der Waals surface area contributed by atoms with E-state index in [0.717, 1.165) is 8.95 Å². The van der Waals surface area contributed by atoms with Gasteiger partial charge in [-0.15, -0.1) is 11.3 Å². The van der Waals surface area contributed by atoms with Gasteiger partial charge in [-0.1, -0.05) is 15.9 Å². The van der Waals surface area contributed by atoms with Gasteiger partial charge in [-0.2, -0.15) is 0 Å². The second kappa shape index (κ2) is 5.16. The molecule has 1 aromatic carbocycles. The van der Waals surface area contributed by atoms with E-state index in [1.165, 1.54) is 17.5 Å². The van der Waals surface area contributed by atoms with Crippen LogP contribution in [0.15, 0.2) is 32.8 Å². The minimum Gasteiger partial charge on any atom is -0.397 e. The van der Waals surface area contributed by atoms with Crippen molar-refractivity contribution in [1.82, 2.24) is 4.98 Å². The number of carbonyl (C=O) groups is 1. The smallest absolute Gasteiger partial charge is 0.267 e. The molecule has 0 atom stereocenters. The SMILES string of the molecule is Nc1cc(Br)cc(Br)c1NC(=O)c1cncs1. The van der Waals surface area contributed by atoms with Crippen LogP contribution in [-0.4, -0.2) is 10.9 Å². The first-order valence-corrected chi connectivity index (χ1v) is 6.99. The molecule has 1 heterocycles. The fraction of sp³-hybridized carbons (Fsp3) is 0. The van der Waals surface area contributed by atoms with Crippen LogP contribution in [0.3, 0.4) is 0 Å². The van der Waals surface area contributed by atoms with E-state index >= 15 is 0 Å². The van der Waals surface area contributed by atoms with Crippen molar-refractivity contribution in [2.24, 2.45) is 0 Å². The topological polar surface area (TPSA) is 68.0 Å². The van der Waals surface area contributed by atoms with E-state index < -0.39 is 0 Å². The molecule has 0 aliphatic carbocycles. The Hall–Kier alpha value is -0.920. The number of nitrogens with two attached hydrogens (primary N) is 1. The van der Waals surface area contributed by atoms with Crippen LogP contribution in [0.5, 0.6) is 0 Å². The zero-order chi connectivity index (χ0) is 12.4. The molecular formula is C10H7Br2N3OS. The lowest BCUT2D eigenvalue weighted by Crippen LogP contribution is -2.12. The number of nitrogens with one attached hydrogen (secondary N) is 1. The number of hydrogen-bond donors (Lipinski definition) is 2. The predicted molar refractivity (Wildman–Crippen MR) is 76.3 cm³/mol. The fourth-order valence-corrected chi connectivity index (χ4v) is 3.10. The minimum absolute atomic E-state index is 0.220. The molecule has 0 aliphatic heterocycles. The molecule has 7 heteroatoms. The number of nitrogens with zero attached hydrogens (tertiary/aromatic N) is 1. The third-order valence-electron chi connectivity index (χ3n) is 1.98. The highest BCUT2D eigenvalue weighted by Gasteiger charge is 2.12. The molecule has 0 fully saturated rings. The van der Waals surface area contributed by atoms with Gasteiger partial charge in [-0.05, 0) is 28.1 Å². The van der Waals surface area contributed by atoms with Crippen LogP contribution in [0.4, 0.5) is 11.4 Å². The quantitative estimate of drug-likeness (QED) is 0.788. The molecule has 3 N–H and O–H groups in total. The molecule has 0 bridgehead atoms. The third-order valence-corrected chi connectivity index (χ3v) is 3.84. The Morgan fingerprint density at radius 2 is 2.18 bits per heavy atom. The van der Waals surface area contributed by atoms with Gasteiger partial charge in [-0.3, -0.25) is 9.78 Å². The zero-order valence-corrected chi connectivity index (χ0v) is 12.4. The number of rotatable bonds is 2. The van der Waals surface area contributed by atoms with E-state index in [9.17, 15) is 4.79 Å². The molecule has 0 saturated carbocycles. The molecule has 1 aromatic heterocycles. The Bertz CT molecular complexity index is 534. The van der Waals surface area contributed by atoms with E-state index in [0.29, 0.717) is 16.3 Å². The first-order valence-electron chi connectivity index (χ1n) is 4.52. The van der Waals surface area contributed by atoms with E-state index in [4.69, 9.17) is 5.73 Å². The summed E-state index contributed by atoms with van der Waals surface area (Å²) < 4.78 is 1.57. The van der Waals surface area contributed by atoms with E-state index in [-0.39, 0.29) is 5.91 Å². The number of nitrogen functional groups attached to an aromatic ring is 1. The Kier molecular flexibility index (Phi) is 3.80. The molecular weight excluding hydrogens is 370 g/mol. The maximum absolute atomic E-state index is 11.8. The third kappa shape index (κ3) is 2.85. The van der Waals surface area contributed by atoms with Crippen LogP contribution in [0.1, 0.15) is 9.67 Å². The lowest BCUT2D eigenvalue weighted by Gasteiger charge is -2.10. The van der Waals surface area contributed by atoms with Crippen LogP contribution in [0, 0.1) is 0 Å². The summed E-state index contributed by atoms with van der Waals surface area (Å²) >= 11 is 7.95. The van der Waals surface area contributed by atoms with Crippen molar-refractivity contribution < 1.29 is 4.79 Å². The van der Waals surface area contributed by atoms with Gasteiger partial charge in [0, 0.05) is 8.95 Å². The fourth-order valence-electron chi connectivity index (χ4n) is 1.23. The lowest BCUT2D eigenvalue weighted by atomic mass is 10.2. The molecule has 0 unspecified atom stereocenters. The summed E-state index contributed by atoms with van der Waals surface area (Å²) in [4.78, 5) is 16.2. The Labute approximate surface area is 118 Å². The normalized spacial score (nSPS) is 10.2. The van der Waals surface area contributed by atoms with Crippen molar-refractivity contribution in [3.8, 4) is 0 Å². The van der Waals surface area contributed by atoms with Gasteiger partial charge in [0.25, 0.3) is 5.91 Å². The van der Waals surface area contributed by atoms with Crippen LogP contribution < -0.4 is 11.1 Å². The van der Waals surface area contributed by atoms with Gasteiger partial charge in [0.1, 0.15) is 4.88 Å². The van der Waals surface area contributed by atoms with Gasteiger partial charge in [0.15, 0.2) is 0 Å². The van der Waals surface area contributed by atoms with Crippen LogP contribution in [0.25, 0.3) is 0 Å². The average Bonchev–Trinajstić information content (AvgIpc) is 2.76. The number of aromatic nitrogens is 1. The summed E-state index contributed by atoms with van der Waals surface area (Å²) in [7, 11) is 0. The summed E-state index contributed by atoms with van der Waals surface area (Å²) in [6.45, 7) is 0. The second-order valence-electron chi connectivity index (χ2n) is 3.17. The number of amides is 1. The molecule has 1 amide bonds. The second-order valence-corrected chi connectivity index (χ2v) is 5.83. The molecule has 2 aromatic rings. The van der Waals surface area contributed by atoms with Crippen molar-refractivity contribution in [3.63, 3.8) is 0 Å². The first-order chi connectivity index (χ1) is 8.08. The van der Waals surface area contributed by atoms with Crippen LogP contribution >= 0.6 is 43.2 Å². The molecule has 88 valence electrons. The Balaban J connectivity index is 2.28. The number of halogens is 2. The molecule has 2 rings (SSSR count). The van der Waals surface area contributed by atoms with E-state index in [1.807, 2.05) is 6.07 Å². The lowest BCUT2D eigenvalue weighted by molar-refractivity contribution is 0.103. The number of carbonyl (C=O) groups excluding carboxylic acids is 1. The van der Waals surface area contributed by atoms with Gasteiger partial charge in [0.05, 0.1) is 23.1 Å². The summed E-state index contributed by atoms with van der Waals surface area (Å²) in [5, 5.41) is 2.75.